The van der Waals surface area contributed by atoms with E-state index in [2.05, 4.69) is 50.9 Å². The molecule has 55 heavy (non-hydrogen) atoms. The SMILES string of the molecule is CC(C)c1nnc2ccc(-c3c(-c4ccc(F)cc4F)nn4cccnc34)nn12.CC(C)c1nnc2ccc(-c3c(N)n[nH]c3-c3ccc(F)cc3F)nn12. The van der Waals surface area contributed by atoms with Crippen molar-refractivity contribution in [2.75, 3.05) is 5.73 Å². The molecule has 276 valence electrons. The van der Waals surface area contributed by atoms with E-state index in [0.29, 0.717) is 62.5 Å². The van der Waals surface area contributed by atoms with Crippen LogP contribution in [0.15, 0.2) is 79.1 Å². The Morgan fingerprint density at radius 1 is 0.655 bits per heavy atom. The van der Waals surface area contributed by atoms with Crippen LogP contribution in [0.1, 0.15) is 51.2 Å². The highest BCUT2D eigenvalue weighted by Crippen LogP contribution is 2.36. The van der Waals surface area contributed by atoms with E-state index in [0.717, 1.165) is 12.1 Å². The number of fused-ring (bicyclic) bond motifs is 3. The van der Waals surface area contributed by atoms with Gasteiger partial charge in [0.2, 0.25) is 0 Å². The molecule has 0 aliphatic rings. The summed E-state index contributed by atoms with van der Waals surface area (Å²) in [7, 11) is 0. The molecule has 0 aliphatic heterocycles. The number of hydrogen-bond acceptors (Lipinski definition) is 10. The zero-order valence-corrected chi connectivity index (χ0v) is 29.6. The van der Waals surface area contributed by atoms with Crippen molar-refractivity contribution in [3.63, 3.8) is 0 Å². The molecule has 0 unspecified atom stereocenters. The third-order valence-corrected chi connectivity index (χ3v) is 8.70. The summed E-state index contributed by atoms with van der Waals surface area (Å²) in [5.41, 5.74) is 10.7. The van der Waals surface area contributed by atoms with Crippen molar-refractivity contribution in [1.82, 2.24) is 64.4 Å². The normalized spacial score (nSPS) is 11.7. The maximum Gasteiger partial charge on any atom is 0.177 e. The summed E-state index contributed by atoms with van der Waals surface area (Å²) >= 11 is 0. The second-order valence-electron chi connectivity index (χ2n) is 13.1. The summed E-state index contributed by atoms with van der Waals surface area (Å²) in [6.45, 7) is 7.97. The summed E-state index contributed by atoms with van der Waals surface area (Å²) in [5.74, 6) is -0.946. The van der Waals surface area contributed by atoms with Crippen LogP contribution >= 0.6 is 0 Å². The van der Waals surface area contributed by atoms with Gasteiger partial charge in [-0.05, 0) is 54.6 Å². The number of hydrogen-bond donors (Lipinski definition) is 2. The lowest BCUT2D eigenvalue weighted by molar-refractivity contribution is 0.584. The predicted octanol–water partition coefficient (Wildman–Crippen LogP) is 7.07. The Morgan fingerprint density at radius 2 is 1.22 bits per heavy atom. The fraction of sp³-hybridized carbons (Fsp3) is 0.162. The predicted molar refractivity (Wildman–Crippen MR) is 194 cm³/mol. The van der Waals surface area contributed by atoms with Gasteiger partial charge in [-0.3, -0.25) is 5.10 Å². The van der Waals surface area contributed by atoms with Gasteiger partial charge in [0.15, 0.2) is 34.4 Å². The number of halogens is 4. The number of anilines is 1. The average Bonchev–Trinajstić information content (AvgIpc) is 3.95. The molecule has 3 N–H and O–H groups in total. The first-order valence-corrected chi connectivity index (χ1v) is 17.0. The molecule has 0 saturated carbocycles. The Balaban J connectivity index is 0.000000156. The molecule has 7 aromatic heterocycles. The quantitative estimate of drug-likeness (QED) is 0.168. The molecule has 0 amide bonds. The van der Waals surface area contributed by atoms with Gasteiger partial charge in [-0.1, -0.05) is 27.7 Å². The number of nitrogens with one attached hydrogen (secondary N) is 1. The summed E-state index contributed by atoms with van der Waals surface area (Å²) in [6.07, 6.45) is 3.34. The first kappa shape index (κ1) is 34.9. The molecular formula is C37H30F4N14. The van der Waals surface area contributed by atoms with Crippen molar-refractivity contribution >= 4 is 22.8 Å². The van der Waals surface area contributed by atoms with Crippen LogP contribution in [0.4, 0.5) is 23.4 Å². The minimum atomic E-state index is -0.719. The maximum atomic E-state index is 14.6. The van der Waals surface area contributed by atoms with Crippen LogP contribution in [0.5, 0.6) is 0 Å². The van der Waals surface area contributed by atoms with Gasteiger partial charge in [0.05, 0.1) is 28.2 Å². The van der Waals surface area contributed by atoms with Crippen molar-refractivity contribution in [2.24, 2.45) is 0 Å². The molecule has 0 fully saturated rings. The number of nitrogens with two attached hydrogens (primary N) is 1. The van der Waals surface area contributed by atoms with E-state index in [-0.39, 0.29) is 28.8 Å². The molecule has 18 heteroatoms. The Bertz CT molecular complexity index is 2870. The van der Waals surface area contributed by atoms with Gasteiger partial charge in [-0.15, -0.1) is 20.4 Å². The summed E-state index contributed by atoms with van der Waals surface area (Å²) in [6, 6.07) is 15.5. The van der Waals surface area contributed by atoms with Crippen LogP contribution in [0.2, 0.25) is 0 Å². The van der Waals surface area contributed by atoms with Gasteiger partial charge in [-0.2, -0.15) is 29.4 Å². The fourth-order valence-corrected chi connectivity index (χ4v) is 6.09. The van der Waals surface area contributed by atoms with Crippen molar-refractivity contribution in [3.8, 4) is 45.0 Å². The number of benzene rings is 2. The highest BCUT2D eigenvalue weighted by Gasteiger charge is 2.24. The molecule has 0 aliphatic carbocycles. The summed E-state index contributed by atoms with van der Waals surface area (Å²) < 4.78 is 60.3. The second kappa shape index (κ2) is 13.7. The molecule has 9 rings (SSSR count). The zero-order valence-electron chi connectivity index (χ0n) is 29.6. The molecule has 0 saturated heterocycles. The van der Waals surface area contributed by atoms with E-state index in [4.69, 9.17) is 5.73 Å². The van der Waals surface area contributed by atoms with Crippen LogP contribution < -0.4 is 5.73 Å². The Kier molecular flexibility index (Phi) is 8.71. The lowest BCUT2D eigenvalue weighted by Gasteiger charge is -2.07. The van der Waals surface area contributed by atoms with E-state index >= 15 is 0 Å². The smallest absolute Gasteiger partial charge is 0.177 e. The van der Waals surface area contributed by atoms with Gasteiger partial charge < -0.3 is 5.73 Å². The van der Waals surface area contributed by atoms with E-state index in [1.165, 1.54) is 24.3 Å². The van der Waals surface area contributed by atoms with Crippen molar-refractivity contribution in [1.29, 1.82) is 0 Å². The van der Waals surface area contributed by atoms with E-state index in [9.17, 15) is 17.6 Å². The third kappa shape index (κ3) is 6.26. The van der Waals surface area contributed by atoms with Crippen molar-refractivity contribution in [3.05, 3.63) is 114 Å². The average molecular weight is 747 g/mol. The van der Waals surface area contributed by atoms with Crippen molar-refractivity contribution < 1.29 is 17.6 Å². The fourth-order valence-electron chi connectivity index (χ4n) is 6.09. The minimum Gasteiger partial charge on any atom is -0.382 e. The van der Waals surface area contributed by atoms with Crippen LogP contribution in [-0.2, 0) is 0 Å². The molecule has 0 spiro atoms. The molecule has 0 atom stereocenters. The molecule has 2 aromatic carbocycles. The highest BCUT2D eigenvalue weighted by molar-refractivity contribution is 5.89. The first-order valence-electron chi connectivity index (χ1n) is 17.0. The van der Waals surface area contributed by atoms with Crippen LogP contribution in [0, 0.1) is 23.3 Å². The summed E-state index contributed by atoms with van der Waals surface area (Å²) in [5, 5.41) is 37.0. The van der Waals surface area contributed by atoms with Gasteiger partial charge >= 0.3 is 0 Å². The number of H-pyrrole nitrogens is 1. The zero-order chi connectivity index (χ0) is 38.5. The Labute approximate surface area is 308 Å². The Morgan fingerprint density at radius 3 is 1.78 bits per heavy atom. The molecule has 14 nitrogen and oxygen atoms in total. The third-order valence-electron chi connectivity index (χ3n) is 8.70. The lowest BCUT2D eigenvalue weighted by Crippen LogP contribution is -2.03. The lowest BCUT2D eigenvalue weighted by atomic mass is 10.0. The number of nitrogens with zero attached hydrogens (tertiary/aromatic N) is 12. The molecule has 0 bridgehead atoms. The van der Waals surface area contributed by atoms with Gasteiger partial charge in [-0.25, -0.2) is 27.1 Å². The molecule has 7 heterocycles. The van der Waals surface area contributed by atoms with Gasteiger partial charge in [0.1, 0.15) is 29.0 Å². The molecular weight excluding hydrogens is 716 g/mol. The molecule has 0 radical (unpaired) electrons. The van der Waals surface area contributed by atoms with Gasteiger partial charge in [0, 0.05) is 47.5 Å². The van der Waals surface area contributed by atoms with Crippen LogP contribution in [0.25, 0.3) is 62.0 Å². The maximum absolute atomic E-state index is 14.6. The topological polar surface area (TPSA) is 171 Å². The number of nitrogen functional groups attached to an aromatic ring is 1. The minimum absolute atomic E-state index is 0.114. The van der Waals surface area contributed by atoms with Crippen molar-refractivity contribution in [2.45, 2.75) is 39.5 Å². The number of aromatic nitrogens is 13. The Hall–Kier alpha value is -7.11. The van der Waals surface area contributed by atoms with Gasteiger partial charge in [0.25, 0.3) is 0 Å². The summed E-state index contributed by atoms with van der Waals surface area (Å²) in [4.78, 5) is 4.40. The number of aromatic amines is 1. The highest BCUT2D eigenvalue weighted by atomic mass is 19.1. The van der Waals surface area contributed by atoms with E-state index in [1.807, 2.05) is 27.7 Å². The molecule has 9 aromatic rings. The second-order valence-corrected chi connectivity index (χ2v) is 13.1. The van der Waals surface area contributed by atoms with Crippen LogP contribution in [-0.4, -0.2) is 64.4 Å². The largest absolute Gasteiger partial charge is 0.382 e. The first-order chi connectivity index (χ1) is 26.5. The monoisotopic (exact) mass is 746 g/mol. The standard InChI is InChI=1S/C20H15F2N7.C17H15F2N7/c1-11(2)19-25-24-16-7-6-15(26-29(16)19)17-18(13-5-4-12(21)10-14(13)22)27-28-9-3-8-23-20(17)28;1-8(2)17-24-21-13-6-5-12(25-26(13)17)14-15(22-23-16(14)20)10-4-3-9(18)7-11(10)19/h3-11H,1-2H3;3-8H,1-2H3,(H3,20,22,23). The number of rotatable bonds is 6. The van der Waals surface area contributed by atoms with Crippen LogP contribution in [0.3, 0.4) is 0 Å². The van der Waals surface area contributed by atoms with E-state index < -0.39 is 23.3 Å². The van der Waals surface area contributed by atoms with E-state index in [1.54, 1.807) is 56.3 Å².